The molecule has 3 rings (SSSR count). The zero-order chi connectivity index (χ0) is 18.5. The van der Waals surface area contributed by atoms with Crippen LogP contribution in [0.1, 0.15) is 18.4 Å². The fourth-order valence-electron chi connectivity index (χ4n) is 2.90. The van der Waals surface area contributed by atoms with Crippen molar-refractivity contribution in [3.63, 3.8) is 0 Å². The molecule has 1 amide bonds. The van der Waals surface area contributed by atoms with Gasteiger partial charge in [-0.05, 0) is 55.3 Å². The molecule has 1 N–H and O–H groups in total. The number of ether oxygens (including phenoxy) is 2. The first-order valence-corrected chi connectivity index (χ1v) is 8.97. The highest BCUT2D eigenvalue weighted by Crippen LogP contribution is 2.31. The molecule has 0 aromatic heterocycles. The third kappa shape index (κ3) is 4.90. The first kappa shape index (κ1) is 18.5. The molecule has 0 unspecified atom stereocenters. The van der Waals surface area contributed by atoms with Crippen molar-refractivity contribution >= 4 is 23.2 Å². The molecule has 1 saturated carbocycles. The number of anilines is 1. The number of carbonyl (C=O) groups is 1. The molecule has 1 aliphatic rings. The summed E-state index contributed by atoms with van der Waals surface area (Å²) in [6.07, 6.45) is 2.22. The van der Waals surface area contributed by atoms with Gasteiger partial charge in [0, 0.05) is 28.9 Å². The maximum Gasteiger partial charge on any atom is 0.238 e. The molecule has 138 valence electrons. The molecular weight excluding hydrogens is 352 g/mol. The van der Waals surface area contributed by atoms with Gasteiger partial charge in [-0.3, -0.25) is 9.69 Å². The summed E-state index contributed by atoms with van der Waals surface area (Å²) in [5.41, 5.74) is 1.76. The third-order valence-electron chi connectivity index (χ3n) is 4.40. The second kappa shape index (κ2) is 8.43. The Kier molecular flexibility index (Phi) is 6.01. The van der Waals surface area contributed by atoms with E-state index in [9.17, 15) is 4.79 Å². The second-order valence-electron chi connectivity index (χ2n) is 6.37. The number of methoxy groups -OCH3 is 2. The number of nitrogens with one attached hydrogen (secondary N) is 1. The molecule has 0 aliphatic heterocycles. The summed E-state index contributed by atoms with van der Waals surface area (Å²) in [4.78, 5) is 14.6. The minimum absolute atomic E-state index is 0.0407. The van der Waals surface area contributed by atoms with Gasteiger partial charge in [0.25, 0.3) is 0 Å². The van der Waals surface area contributed by atoms with Crippen molar-refractivity contribution in [1.29, 1.82) is 0 Å². The highest BCUT2D eigenvalue weighted by atomic mass is 35.5. The van der Waals surface area contributed by atoms with Gasteiger partial charge >= 0.3 is 0 Å². The highest BCUT2D eigenvalue weighted by molar-refractivity contribution is 6.30. The van der Waals surface area contributed by atoms with Crippen LogP contribution in [0.3, 0.4) is 0 Å². The molecule has 5 nitrogen and oxygen atoms in total. The lowest BCUT2D eigenvalue weighted by molar-refractivity contribution is -0.117. The van der Waals surface area contributed by atoms with Crippen molar-refractivity contribution in [3.05, 3.63) is 53.1 Å². The second-order valence-corrected chi connectivity index (χ2v) is 6.81. The number of nitrogens with zero attached hydrogens (tertiary/aromatic N) is 1. The maximum absolute atomic E-state index is 12.5. The average molecular weight is 375 g/mol. The highest BCUT2D eigenvalue weighted by Gasteiger charge is 2.31. The van der Waals surface area contributed by atoms with Gasteiger partial charge in [-0.25, -0.2) is 0 Å². The summed E-state index contributed by atoms with van der Waals surface area (Å²) in [5.74, 6) is 1.54. The van der Waals surface area contributed by atoms with E-state index in [0.717, 1.165) is 35.6 Å². The van der Waals surface area contributed by atoms with Gasteiger partial charge < -0.3 is 14.8 Å². The predicted octanol–water partition coefficient (Wildman–Crippen LogP) is 3.96. The van der Waals surface area contributed by atoms with E-state index in [4.69, 9.17) is 21.1 Å². The fourth-order valence-corrected chi connectivity index (χ4v) is 3.02. The van der Waals surface area contributed by atoms with E-state index in [2.05, 4.69) is 10.2 Å². The Bertz CT molecular complexity index is 760. The summed E-state index contributed by atoms with van der Waals surface area (Å²) < 4.78 is 10.8. The standard InChI is InChI=1S/C20H23ClN2O3/c1-25-18-9-10-19(26-2)14(11-18)12-23(17-7-8-17)13-20(24)22-16-5-3-15(21)4-6-16/h3-6,9-11,17H,7-8,12-13H2,1-2H3,(H,22,24). The van der Waals surface area contributed by atoms with Crippen LogP contribution in [-0.4, -0.2) is 37.6 Å². The van der Waals surface area contributed by atoms with E-state index in [0.29, 0.717) is 24.2 Å². The third-order valence-corrected chi connectivity index (χ3v) is 4.65. The van der Waals surface area contributed by atoms with Crippen molar-refractivity contribution in [3.8, 4) is 11.5 Å². The molecule has 1 aliphatic carbocycles. The Morgan fingerprint density at radius 2 is 1.88 bits per heavy atom. The molecule has 0 heterocycles. The fraction of sp³-hybridized carbons (Fsp3) is 0.350. The summed E-state index contributed by atoms with van der Waals surface area (Å²) in [6.45, 7) is 0.965. The Morgan fingerprint density at radius 3 is 2.50 bits per heavy atom. The maximum atomic E-state index is 12.5. The van der Waals surface area contributed by atoms with Crippen molar-refractivity contribution in [2.24, 2.45) is 0 Å². The Labute approximate surface area is 158 Å². The first-order valence-electron chi connectivity index (χ1n) is 8.59. The summed E-state index contributed by atoms with van der Waals surface area (Å²) >= 11 is 5.88. The van der Waals surface area contributed by atoms with Gasteiger partial charge in [0.05, 0.1) is 20.8 Å². The lowest BCUT2D eigenvalue weighted by Crippen LogP contribution is -2.34. The molecule has 1 fully saturated rings. The quantitative estimate of drug-likeness (QED) is 0.759. The van der Waals surface area contributed by atoms with E-state index >= 15 is 0 Å². The number of carbonyl (C=O) groups excluding carboxylic acids is 1. The van der Waals surface area contributed by atoms with Crippen LogP contribution < -0.4 is 14.8 Å². The van der Waals surface area contributed by atoms with Crippen LogP contribution in [0.25, 0.3) is 0 Å². The van der Waals surface area contributed by atoms with E-state index in [1.54, 1.807) is 38.5 Å². The number of halogens is 1. The topological polar surface area (TPSA) is 50.8 Å². The molecular formula is C20H23ClN2O3. The van der Waals surface area contributed by atoms with Crippen LogP contribution in [-0.2, 0) is 11.3 Å². The van der Waals surface area contributed by atoms with E-state index in [1.807, 2.05) is 18.2 Å². The van der Waals surface area contributed by atoms with Crippen LogP contribution in [0.15, 0.2) is 42.5 Å². The number of hydrogen-bond acceptors (Lipinski definition) is 4. The molecule has 2 aromatic rings. The normalized spacial score (nSPS) is 13.5. The van der Waals surface area contributed by atoms with E-state index < -0.39 is 0 Å². The minimum Gasteiger partial charge on any atom is -0.497 e. The molecule has 6 heteroatoms. The zero-order valence-electron chi connectivity index (χ0n) is 15.0. The van der Waals surface area contributed by atoms with Crippen LogP contribution in [0, 0.1) is 0 Å². The van der Waals surface area contributed by atoms with Gasteiger partial charge in [0.2, 0.25) is 5.91 Å². The van der Waals surface area contributed by atoms with Crippen molar-refractivity contribution < 1.29 is 14.3 Å². The zero-order valence-corrected chi connectivity index (χ0v) is 15.8. The van der Waals surface area contributed by atoms with Gasteiger partial charge in [-0.2, -0.15) is 0 Å². The van der Waals surface area contributed by atoms with Gasteiger partial charge in [-0.15, -0.1) is 0 Å². The molecule has 2 aromatic carbocycles. The molecule has 0 saturated heterocycles. The SMILES string of the molecule is COc1ccc(OC)c(CN(CC(=O)Nc2ccc(Cl)cc2)C2CC2)c1. The number of benzene rings is 2. The monoisotopic (exact) mass is 374 g/mol. The number of hydrogen-bond donors (Lipinski definition) is 1. The van der Waals surface area contributed by atoms with Crippen molar-refractivity contribution in [2.45, 2.75) is 25.4 Å². The summed E-state index contributed by atoms with van der Waals surface area (Å²) in [6, 6.07) is 13.3. The van der Waals surface area contributed by atoms with Gasteiger partial charge in [0.15, 0.2) is 0 Å². The minimum atomic E-state index is -0.0407. The van der Waals surface area contributed by atoms with E-state index in [-0.39, 0.29) is 5.91 Å². The lowest BCUT2D eigenvalue weighted by atomic mass is 10.1. The molecule has 0 atom stereocenters. The number of amides is 1. The van der Waals surface area contributed by atoms with Crippen molar-refractivity contribution in [2.75, 3.05) is 26.1 Å². The van der Waals surface area contributed by atoms with Gasteiger partial charge in [0.1, 0.15) is 11.5 Å². The number of rotatable bonds is 8. The van der Waals surface area contributed by atoms with Gasteiger partial charge in [-0.1, -0.05) is 11.6 Å². The Morgan fingerprint density at radius 1 is 1.15 bits per heavy atom. The predicted molar refractivity (Wildman–Crippen MR) is 103 cm³/mol. The summed E-state index contributed by atoms with van der Waals surface area (Å²) in [5, 5.41) is 3.57. The van der Waals surface area contributed by atoms with E-state index in [1.165, 1.54) is 0 Å². The Balaban J connectivity index is 1.68. The molecule has 0 bridgehead atoms. The molecule has 0 spiro atoms. The van der Waals surface area contributed by atoms with Crippen LogP contribution in [0.2, 0.25) is 5.02 Å². The lowest BCUT2D eigenvalue weighted by Gasteiger charge is -2.23. The summed E-state index contributed by atoms with van der Waals surface area (Å²) in [7, 11) is 3.30. The first-order chi connectivity index (χ1) is 12.6. The molecule has 26 heavy (non-hydrogen) atoms. The van der Waals surface area contributed by atoms with Crippen LogP contribution >= 0.6 is 11.6 Å². The van der Waals surface area contributed by atoms with Crippen molar-refractivity contribution in [1.82, 2.24) is 4.90 Å². The molecule has 0 radical (unpaired) electrons. The van der Waals surface area contributed by atoms with Crippen LogP contribution in [0.5, 0.6) is 11.5 Å². The Hall–Kier alpha value is -2.24. The largest absolute Gasteiger partial charge is 0.497 e. The average Bonchev–Trinajstić information content (AvgIpc) is 3.48. The smallest absolute Gasteiger partial charge is 0.238 e. The van der Waals surface area contributed by atoms with Crippen LogP contribution in [0.4, 0.5) is 5.69 Å².